The van der Waals surface area contributed by atoms with Gasteiger partial charge in [0.2, 0.25) is 10.0 Å². The highest BCUT2D eigenvalue weighted by molar-refractivity contribution is 7.89. The van der Waals surface area contributed by atoms with Crippen LogP contribution in [-0.4, -0.2) is 56.0 Å². The minimum absolute atomic E-state index is 0.0932. The molecule has 9 nitrogen and oxygen atoms in total. The molecule has 2 aromatic carbocycles. The summed E-state index contributed by atoms with van der Waals surface area (Å²) in [5, 5.41) is 3.97. The fourth-order valence-electron chi connectivity index (χ4n) is 4.48. The lowest BCUT2D eigenvalue weighted by Gasteiger charge is -2.36. The van der Waals surface area contributed by atoms with E-state index in [-0.39, 0.29) is 28.9 Å². The summed E-state index contributed by atoms with van der Waals surface area (Å²) in [5.74, 6) is -0.460. The Balaban J connectivity index is 1.57. The Bertz CT molecular complexity index is 1390. The number of aryl methyl sites for hydroxylation is 1. The molecule has 2 atom stereocenters. The van der Waals surface area contributed by atoms with Gasteiger partial charge < -0.3 is 15.0 Å². The van der Waals surface area contributed by atoms with Crippen LogP contribution in [0.1, 0.15) is 36.3 Å². The summed E-state index contributed by atoms with van der Waals surface area (Å²) in [6.07, 6.45) is 1.66. The van der Waals surface area contributed by atoms with Gasteiger partial charge in [0.25, 0.3) is 5.91 Å². The molecule has 1 aromatic heterocycles. The highest BCUT2D eigenvalue weighted by Gasteiger charge is 2.33. The number of ether oxygens (including phenoxy) is 1. The third kappa shape index (κ3) is 5.34. The van der Waals surface area contributed by atoms with E-state index in [1.54, 1.807) is 67.4 Å². The Morgan fingerprint density at radius 3 is 2.56 bits per heavy atom. The number of hydrogen-bond acceptors (Lipinski definition) is 6. The number of nitrogens with zero attached hydrogens (tertiary/aromatic N) is 2. The Labute approximate surface area is 210 Å². The Hall–Kier alpha value is -3.50. The zero-order valence-electron chi connectivity index (χ0n) is 20.5. The summed E-state index contributed by atoms with van der Waals surface area (Å²) < 4.78 is 34.8. The Kier molecular flexibility index (Phi) is 7.56. The van der Waals surface area contributed by atoms with Crippen LogP contribution in [0.5, 0.6) is 0 Å². The van der Waals surface area contributed by atoms with Crippen molar-refractivity contribution in [3.63, 3.8) is 0 Å². The van der Waals surface area contributed by atoms with E-state index in [1.165, 1.54) is 6.07 Å². The first-order valence-corrected chi connectivity index (χ1v) is 13.4. The zero-order chi connectivity index (χ0) is 25.9. The van der Waals surface area contributed by atoms with Crippen LogP contribution in [0.15, 0.2) is 59.6 Å². The molecule has 0 radical (unpaired) electrons. The molecule has 0 saturated carbocycles. The predicted molar refractivity (Wildman–Crippen MR) is 137 cm³/mol. The third-order valence-electron chi connectivity index (χ3n) is 6.38. The van der Waals surface area contributed by atoms with E-state index in [9.17, 15) is 18.0 Å². The van der Waals surface area contributed by atoms with Crippen LogP contribution < -0.4 is 10.0 Å². The minimum Gasteiger partial charge on any atom is -0.450 e. The summed E-state index contributed by atoms with van der Waals surface area (Å²) in [6, 6.07) is 13.4. The van der Waals surface area contributed by atoms with E-state index in [2.05, 4.69) is 15.0 Å². The number of aromatic nitrogens is 1. The van der Waals surface area contributed by atoms with Crippen LogP contribution in [-0.2, 0) is 14.8 Å². The van der Waals surface area contributed by atoms with Crippen molar-refractivity contribution in [2.75, 3.05) is 25.0 Å². The van der Waals surface area contributed by atoms with Gasteiger partial charge in [-0.2, -0.15) is 0 Å². The highest BCUT2D eigenvalue weighted by atomic mass is 32.2. The lowest BCUT2D eigenvalue weighted by Crippen LogP contribution is -2.51. The number of amides is 2. The molecule has 1 aliphatic rings. The molecule has 4 rings (SSSR count). The van der Waals surface area contributed by atoms with Crippen LogP contribution in [0.4, 0.5) is 10.5 Å². The topological polar surface area (TPSA) is 118 Å². The number of hydrogen-bond donors (Lipinski definition) is 2. The van der Waals surface area contributed by atoms with Gasteiger partial charge in [0, 0.05) is 41.8 Å². The molecule has 3 aromatic rings. The first-order chi connectivity index (χ1) is 17.2. The van der Waals surface area contributed by atoms with Gasteiger partial charge in [-0.05, 0) is 49.9 Å². The highest BCUT2D eigenvalue weighted by Crippen LogP contribution is 2.31. The Morgan fingerprint density at radius 1 is 1.11 bits per heavy atom. The summed E-state index contributed by atoms with van der Waals surface area (Å²) >= 11 is 0. The smallest absolute Gasteiger partial charge is 0.409 e. The molecule has 2 heterocycles. The van der Waals surface area contributed by atoms with E-state index >= 15 is 0 Å². The van der Waals surface area contributed by atoms with Crippen molar-refractivity contribution >= 4 is 38.5 Å². The zero-order valence-corrected chi connectivity index (χ0v) is 21.3. The average molecular weight is 511 g/mol. The van der Waals surface area contributed by atoms with Gasteiger partial charge in [-0.25, -0.2) is 17.9 Å². The standard InChI is InChI=1S/C26H30N4O5S/c1-4-35-26(32)30-15-13-21(18(3)16-30)29-36(33,34)23-12-11-22(19-9-5-6-10-20(19)23)28-25(31)24-17(2)8-7-14-27-24/h5-12,14,18,21,29H,4,13,15-16H2,1-3H3,(H,28,31)/t18-,21?/m1/s1. The van der Waals surface area contributed by atoms with Gasteiger partial charge >= 0.3 is 6.09 Å². The third-order valence-corrected chi connectivity index (χ3v) is 7.93. The molecule has 1 unspecified atom stereocenters. The maximum absolute atomic E-state index is 13.5. The number of nitrogens with one attached hydrogen (secondary N) is 2. The lowest BCUT2D eigenvalue weighted by molar-refractivity contribution is 0.0846. The predicted octanol–water partition coefficient (Wildman–Crippen LogP) is 3.94. The molecule has 1 fully saturated rings. The summed E-state index contributed by atoms with van der Waals surface area (Å²) in [4.78, 5) is 30.8. The van der Waals surface area contributed by atoms with Gasteiger partial charge in [-0.1, -0.05) is 37.3 Å². The van der Waals surface area contributed by atoms with Crippen molar-refractivity contribution in [2.45, 2.75) is 38.1 Å². The molecule has 0 aliphatic carbocycles. The average Bonchev–Trinajstić information content (AvgIpc) is 2.85. The molecule has 190 valence electrons. The van der Waals surface area contributed by atoms with Gasteiger partial charge in [-0.3, -0.25) is 9.78 Å². The number of pyridine rings is 1. The van der Waals surface area contributed by atoms with E-state index in [0.29, 0.717) is 48.3 Å². The molecule has 0 bridgehead atoms. The fourth-order valence-corrected chi connectivity index (χ4v) is 6.07. The monoisotopic (exact) mass is 510 g/mol. The molecule has 1 saturated heterocycles. The van der Waals surface area contributed by atoms with Crippen molar-refractivity contribution in [2.24, 2.45) is 5.92 Å². The summed E-state index contributed by atoms with van der Waals surface area (Å²) in [6.45, 7) is 6.59. The number of anilines is 1. The van der Waals surface area contributed by atoms with Crippen molar-refractivity contribution in [3.8, 4) is 0 Å². The molecule has 36 heavy (non-hydrogen) atoms. The lowest BCUT2D eigenvalue weighted by atomic mass is 9.95. The molecule has 2 N–H and O–H groups in total. The van der Waals surface area contributed by atoms with E-state index in [1.807, 2.05) is 6.92 Å². The van der Waals surface area contributed by atoms with Crippen molar-refractivity contribution in [1.82, 2.24) is 14.6 Å². The molecule has 1 aliphatic heterocycles. The van der Waals surface area contributed by atoms with Gasteiger partial charge in [0.15, 0.2) is 0 Å². The molecule has 2 amide bonds. The van der Waals surface area contributed by atoms with E-state index in [4.69, 9.17) is 4.74 Å². The van der Waals surface area contributed by atoms with Crippen LogP contribution >= 0.6 is 0 Å². The van der Waals surface area contributed by atoms with E-state index < -0.39 is 10.0 Å². The number of benzene rings is 2. The van der Waals surface area contributed by atoms with Crippen molar-refractivity contribution in [3.05, 3.63) is 66.0 Å². The normalized spacial score (nSPS) is 18.1. The Morgan fingerprint density at radius 2 is 1.86 bits per heavy atom. The number of sulfonamides is 1. The number of piperidine rings is 1. The SMILES string of the molecule is CCOC(=O)N1CCC(NS(=O)(=O)c2ccc(NC(=O)c3ncccc3C)c3ccccc23)[C@H](C)C1. The second kappa shape index (κ2) is 10.6. The number of carbonyl (C=O) groups is 2. The first-order valence-electron chi connectivity index (χ1n) is 11.9. The van der Waals surface area contributed by atoms with Crippen molar-refractivity contribution in [1.29, 1.82) is 0 Å². The fraction of sp³-hybridized carbons (Fsp3) is 0.346. The second-order valence-corrected chi connectivity index (χ2v) is 10.6. The quantitative estimate of drug-likeness (QED) is 0.519. The summed E-state index contributed by atoms with van der Waals surface area (Å²) in [5.41, 5.74) is 1.55. The largest absolute Gasteiger partial charge is 0.450 e. The number of fused-ring (bicyclic) bond motifs is 1. The maximum atomic E-state index is 13.5. The summed E-state index contributed by atoms with van der Waals surface area (Å²) in [7, 11) is -3.88. The molecular formula is C26H30N4O5S. The molecule has 0 spiro atoms. The van der Waals surface area contributed by atoms with Gasteiger partial charge in [0.1, 0.15) is 5.69 Å². The second-order valence-electron chi connectivity index (χ2n) is 8.92. The van der Waals surface area contributed by atoms with Crippen molar-refractivity contribution < 1.29 is 22.7 Å². The number of likely N-dealkylation sites (tertiary alicyclic amines) is 1. The molecular weight excluding hydrogens is 480 g/mol. The van der Waals surface area contributed by atoms with Crippen LogP contribution in [0.3, 0.4) is 0 Å². The van der Waals surface area contributed by atoms with Gasteiger partial charge in [-0.15, -0.1) is 0 Å². The van der Waals surface area contributed by atoms with Crippen LogP contribution in [0.25, 0.3) is 10.8 Å². The first kappa shape index (κ1) is 25.6. The van der Waals surface area contributed by atoms with Crippen LogP contribution in [0.2, 0.25) is 0 Å². The number of rotatable bonds is 6. The number of carbonyl (C=O) groups excluding carboxylic acids is 2. The maximum Gasteiger partial charge on any atom is 0.409 e. The van der Waals surface area contributed by atoms with E-state index in [0.717, 1.165) is 5.56 Å². The molecule has 10 heteroatoms. The van der Waals surface area contributed by atoms with Crippen LogP contribution in [0, 0.1) is 12.8 Å². The van der Waals surface area contributed by atoms with Gasteiger partial charge in [0.05, 0.1) is 11.5 Å². The minimum atomic E-state index is -3.88.